The Morgan fingerprint density at radius 1 is 1.30 bits per heavy atom. The van der Waals surface area contributed by atoms with E-state index in [-0.39, 0.29) is 33.3 Å². The van der Waals surface area contributed by atoms with Gasteiger partial charge in [0.25, 0.3) is 5.60 Å². The van der Waals surface area contributed by atoms with Gasteiger partial charge in [-0.3, -0.25) is 4.79 Å². The number of carbonyl (C=O) groups excluding carboxylic acids is 1. The van der Waals surface area contributed by atoms with E-state index in [9.17, 15) is 18.0 Å². The zero-order valence-corrected chi connectivity index (χ0v) is 18.7. The zero-order valence-electron chi connectivity index (χ0n) is 16.4. The number of rotatable bonds is 5. The fourth-order valence-corrected chi connectivity index (χ4v) is 4.98. The first-order valence-corrected chi connectivity index (χ1v) is 10.7. The summed E-state index contributed by atoms with van der Waals surface area (Å²) in [5.41, 5.74) is -1.84. The van der Waals surface area contributed by atoms with Gasteiger partial charge >= 0.3 is 6.18 Å². The van der Waals surface area contributed by atoms with Gasteiger partial charge in [0.05, 0.1) is 17.3 Å². The predicted molar refractivity (Wildman–Crippen MR) is 112 cm³/mol. The van der Waals surface area contributed by atoms with E-state index < -0.39 is 18.2 Å². The van der Waals surface area contributed by atoms with Gasteiger partial charge in [0.2, 0.25) is 5.91 Å². The molecule has 1 aromatic carbocycles. The number of halogens is 5. The molecular weight excluding hydrogens is 460 g/mol. The molecular formula is C20H19Cl2F3N2O2S. The first-order valence-electron chi connectivity index (χ1n) is 9.15. The van der Waals surface area contributed by atoms with Crippen molar-refractivity contribution < 1.29 is 22.8 Å². The fourth-order valence-electron chi connectivity index (χ4n) is 3.30. The number of hydrogen-bond donors (Lipinski definition) is 1. The lowest BCUT2D eigenvalue weighted by molar-refractivity contribution is -0.275. The van der Waals surface area contributed by atoms with Crippen molar-refractivity contribution in [2.75, 3.05) is 0 Å². The predicted octanol–water partition coefficient (Wildman–Crippen LogP) is 6.53. The first-order chi connectivity index (χ1) is 14.0. The molecule has 1 amide bonds. The molecule has 1 aromatic heterocycles. The van der Waals surface area contributed by atoms with Crippen molar-refractivity contribution in [3.8, 4) is 0 Å². The number of carbonyl (C=O) groups is 1. The van der Waals surface area contributed by atoms with Gasteiger partial charge in [-0.2, -0.15) is 13.2 Å². The second kappa shape index (κ2) is 8.40. The maximum Gasteiger partial charge on any atom is 0.435 e. The summed E-state index contributed by atoms with van der Waals surface area (Å²) in [4.78, 5) is 18.1. The molecule has 1 aliphatic rings. The lowest BCUT2D eigenvalue weighted by Crippen LogP contribution is -2.42. The van der Waals surface area contributed by atoms with Crippen molar-refractivity contribution in [3.05, 3.63) is 55.2 Å². The summed E-state index contributed by atoms with van der Waals surface area (Å²) in [6.45, 7) is 5.42. The van der Waals surface area contributed by atoms with Crippen LogP contribution in [0.1, 0.15) is 53.6 Å². The van der Waals surface area contributed by atoms with Gasteiger partial charge in [-0.1, -0.05) is 35.3 Å². The third-order valence-electron chi connectivity index (χ3n) is 4.85. The van der Waals surface area contributed by atoms with Crippen LogP contribution in [0.4, 0.5) is 13.2 Å². The molecule has 4 nitrogen and oxygen atoms in total. The van der Waals surface area contributed by atoms with Crippen molar-refractivity contribution in [1.29, 1.82) is 0 Å². The van der Waals surface area contributed by atoms with Gasteiger partial charge in [-0.15, -0.1) is 11.3 Å². The van der Waals surface area contributed by atoms with Crippen LogP contribution in [0.5, 0.6) is 0 Å². The van der Waals surface area contributed by atoms with Gasteiger partial charge < -0.3 is 10.2 Å². The number of amides is 1. The minimum Gasteiger partial charge on any atom is -0.374 e. The second-order valence-corrected chi connectivity index (χ2v) is 9.05. The standard InChI is InChI=1S/C20H19Cl2F3N2O2S/c1-4-17(28)26-11(3)18-10(2)5-16(30-18)15-9-19(29-27-15,20(23,24)25)12-6-13(21)8-14(22)7-12/h5-8,11H,4,9H2,1-3H3,(H,26,28). The van der Waals surface area contributed by atoms with Crippen LogP contribution in [-0.2, 0) is 15.2 Å². The summed E-state index contributed by atoms with van der Waals surface area (Å²) in [6, 6.07) is 5.22. The molecule has 2 unspecified atom stereocenters. The van der Waals surface area contributed by atoms with Crippen molar-refractivity contribution in [2.24, 2.45) is 5.16 Å². The topological polar surface area (TPSA) is 50.7 Å². The highest BCUT2D eigenvalue weighted by molar-refractivity contribution is 7.14. The molecule has 1 N–H and O–H groups in total. The molecule has 162 valence electrons. The summed E-state index contributed by atoms with van der Waals surface area (Å²) in [6.07, 6.45) is -4.91. The van der Waals surface area contributed by atoms with Crippen LogP contribution in [0.3, 0.4) is 0 Å². The Morgan fingerprint density at radius 2 is 1.93 bits per heavy atom. The first kappa shape index (κ1) is 22.9. The van der Waals surface area contributed by atoms with Crippen LogP contribution >= 0.6 is 34.5 Å². The Bertz CT molecular complexity index is 986. The average Bonchev–Trinajstić information content (AvgIpc) is 3.25. The molecule has 1 aliphatic heterocycles. The van der Waals surface area contributed by atoms with E-state index in [2.05, 4.69) is 10.5 Å². The molecule has 2 heterocycles. The summed E-state index contributed by atoms with van der Waals surface area (Å²) in [5.74, 6) is -0.104. The summed E-state index contributed by atoms with van der Waals surface area (Å²) < 4.78 is 42.4. The number of aryl methyl sites for hydroxylation is 1. The molecule has 0 spiro atoms. The van der Waals surface area contributed by atoms with Crippen molar-refractivity contribution in [2.45, 2.75) is 51.4 Å². The normalized spacial score (nSPS) is 19.9. The van der Waals surface area contributed by atoms with E-state index in [0.717, 1.165) is 10.4 Å². The highest BCUT2D eigenvalue weighted by Gasteiger charge is 2.62. The molecule has 0 aliphatic carbocycles. The van der Waals surface area contributed by atoms with Gasteiger partial charge in [-0.05, 0) is 43.7 Å². The van der Waals surface area contributed by atoms with E-state index in [1.807, 2.05) is 13.8 Å². The van der Waals surface area contributed by atoms with Crippen LogP contribution in [0, 0.1) is 6.92 Å². The number of alkyl halides is 3. The number of nitrogens with one attached hydrogen (secondary N) is 1. The largest absolute Gasteiger partial charge is 0.435 e. The van der Waals surface area contributed by atoms with Gasteiger partial charge in [0.15, 0.2) is 0 Å². The van der Waals surface area contributed by atoms with Crippen molar-refractivity contribution in [1.82, 2.24) is 5.32 Å². The van der Waals surface area contributed by atoms with Crippen molar-refractivity contribution in [3.63, 3.8) is 0 Å². The molecule has 2 aromatic rings. The quantitative estimate of drug-likeness (QED) is 0.530. The lowest BCUT2D eigenvalue weighted by Gasteiger charge is -2.29. The van der Waals surface area contributed by atoms with Crippen LogP contribution in [-0.4, -0.2) is 17.8 Å². The summed E-state index contributed by atoms with van der Waals surface area (Å²) in [7, 11) is 0. The molecule has 0 radical (unpaired) electrons. The molecule has 30 heavy (non-hydrogen) atoms. The molecule has 3 rings (SSSR count). The molecule has 0 saturated heterocycles. The fraction of sp³-hybridized carbons (Fsp3) is 0.400. The Balaban J connectivity index is 1.93. The number of nitrogens with zero attached hydrogens (tertiary/aromatic N) is 1. The van der Waals surface area contributed by atoms with E-state index in [0.29, 0.717) is 11.3 Å². The number of hydrogen-bond acceptors (Lipinski definition) is 4. The maximum atomic E-state index is 14.1. The maximum absolute atomic E-state index is 14.1. The third kappa shape index (κ3) is 4.31. The Hall–Kier alpha value is -1.77. The monoisotopic (exact) mass is 478 g/mol. The Labute approximate surface area is 186 Å². The zero-order chi connectivity index (χ0) is 22.3. The van der Waals surface area contributed by atoms with E-state index in [1.165, 1.54) is 29.5 Å². The van der Waals surface area contributed by atoms with E-state index in [1.54, 1.807) is 13.0 Å². The molecule has 0 saturated carbocycles. The molecule has 10 heteroatoms. The van der Waals surface area contributed by atoms with Gasteiger partial charge in [0.1, 0.15) is 5.71 Å². The highest BCUT2D eigenvalue weighted by atomic mass is 35.5. The van der Waals surface area contributed by atoms with Gasteiger partial charge in [0, 0.05) is 26.9 Å². The SMILES string of the molecule is CCC(=O)NC(C)c1sc(C2=NOC(c3cc(Cl)cc(Cl)c3)(C(F)(F)F)C2)cc1C. The second-order valence-electron chi connectivity index (χ2n) is 7.09. The molecule has 0 bridgehead atoms. The number of oxime groups is 1. The lowest BCUT2D eigenvalue weighted by atomic mass is 9.88. The molecule has 0 fully saturated rings. The summed E-state index contributed by atoms with van der Waals surface area (Å²) in [5, 5.41) is 6.80. The van der Waals surface area contributed by atoms with Crippen LogP contribution < -0.4 is 5.32 Å². The van der Waals surface area contributed by atoms with Crippen LogP contribution in [0.25, 0.3) is 0 Å². The number of thiophene rings is 1. The van der Waals surface area contributed by atoms with Crippen LogP contribution in [0.15, 0.2) is 29.4 Å². The minimum absolute atomic E-state index is 0.0768. The third-order valence-corrected chi connectivity index (χ3v) is 6.75. The minimum atomic E-state index is -4.75. The highest BCUT2D eigenvalue weighted by Crippen LogP contribution is 2.50. The van der Waals surface area contributed by atoms with E-state index >= 15 is 0 Å². The molecule has 2 atom stereocenters. The van der Waals surface area contributed by atoms with Gasteiger partial charge in [-0.25, -0.2) is 0 Å². The van der Waals surface area contributed by atoms with E-state index in [4.69, 9.17) is 28.0 Å². The number of benzene rings is 1. The van der Waals surface area contributed by atoms with Crippen LogP contribution in [0.2, 0.25) is 10.0 Å². The Kier molecular flexibility index (Phi) is 6.41. The summed E-state index contributed by atoms with van der Waals surface area (Å²) >= 11 is 13.1. The smallest absolute Gasteiger partial charge is 0.374 e. The van der Waals surface area contributed by atoms with Crippen molar-refractivity contribution >= 4 is 46.2 Å². The Morgan fingerprint density at radius 3 is 2.50 bits per heavy atom. The average molecular weight is 479 g/mol.